The predicted octanol–water partition coefficient (Wildman–Crippen LogP) is 4.03. The van der Waals surface area contributed by atoms with E-state index >= 15 is 0 Å². The Balaban J connectivity index is 1.77. The zero-order valence-corrected chi connectivity index (χ0v) is 12.0. The molecular formula is C18H20N2. The molecule has 0 unspecified atom stereocenters. The number of hydrogen-bond donors (Lipinski definition) is 1. The molecule has 0 spiro atoms. The van der Waals surface area contributed by atoms with Crippen LogP contribution in [0.4, 0.5) is 0 Å². The van der Waals surface area contributed by atoms with Crippen LogP contribution >= 0.6 is 0 Å². The van der Waals surface area contributed by atoms with E-state index in [0.29, 0.717) is 6.04 Å². The molecule has 1 heterocycles. The maximum absolute atomic E-state index is 3.61. The summed E-state index contributed by atoms with van der Waals surface area (Å²) in [5.74, 6) is 0. The van der Waals surface area contributed by atoms with Gasteiger partial charge in [0.25, 0.3) is 0 Å². The molecule has 0 aliphatic heterocycles. The number of hydrogen-bond acceptors (Lipinski definition) is 1. The standard InChI is InChI=1S/C18H20N2/c1-14(15-8-4-3-5-9-15)19-12-16-13-20(2)18-11-7-6-10-17(16)18/h3-11,13-14,19H,12H2,1-2H3/t14-/m0/s1. The highest BCUT2D eigenvalue weighted by atomic mass is 14.9. The van der Waals surface area contributed by atoms with Gasteiger partial charge in [-0.1, -0.05) is 48.5 Å². The normalized spacial score (nSPS) is 12.7. The first-order valence-corrected chi connectivity index (χ1v) is 7.07. The highest BCUT2D eigenvalue weighted by Gasteiger charge is 2.08. The van der Waals surface area contributed by atoms with Gasteiger partial charge in [0.2, 0.25) is 0 Å². The molecule has 3 rings (SSSR count). The maximum atomic E-state index is 3.61. The fraction of sp³-hybridized carbons (Fsp3) is 0.222. The Kier molecular flexibility index (Phi) is 3.57. The minimum Gasteiger partial charge on any atom is -0.350 e. The van der Waals surface area contributed by atoms with Gasteiger partial charge in [0.1, 0.15) is 0 Å². The predicted molar refractivity (Wildman–Crippen MR) is 84.6 cm³/mol. The van der Waals surface area contributed by atoms with Crippen molar-refractivity contribution in [2.75, 3.05) is 0 Å². The van der Waals surface area contributed by atoms with Gasteiger partial charge in [0.15, 0.2) is 0 Å². The van der Waals surface area contributed by atoms with Gasteiger partial charge in [0, 0.05) is 36.7 Å². The second kappa shape index (κ2) is 5.51. The molecular weight excluding hydrogens is 244 g/mol. The zero-order valence-electron chi connectivity index (χ0n) is 12.0. The lowest BCUT2D eigenvalue weighted by atomic mass is 10.1. The third kappa shape index (κ3) is 2.47. The number of fused-ring (bicyclic) bond motifs is 1. The Bertz CT molecular complexity index is 698. The van der Waals surface area contributed by atoms with Crippen LogP contribution in [0.2, 0.25) is 0 Å². The molecule has 0 aliphatic rings. The summed E-state index contributed by atoms with van der Waals surface area (Å²) in [4.78, 5) is 0. The number of nitrogens with one attached hydrogen (secondary N) is 1. The number of benzene rings is 2. The number of rotatable bonds is 4. The average Bonchev–Trinajstić information content (AvgIpc) is 2.83. The summed E-state index contributed by atoms with van der Waals surface area (Å²) in [6, 6.07) is 19.5. The first-order chi connectivity index (χ1) is 9.75. The lowest BCUT2D eigenvalue weighted by molar-refractivity contribution is 0.576. The molecule has 0 radical (unpaired) electrons. The van der Waals surface area contributed by atoms with Crippen molar-refractivity contribution in [2.45, 2.75) is 19.5 Å². The van der Waals surface area contributed by atoms with E-state index in [1.807, 2.05) is 0 Å². The lowest BCUT2D eigenvalue weighted by Crippen LogP contribution is -2.17. The van der Waals surface area contributed by atoms with E-state index in [2.05, 4.69) is 84.6 Å². The smallest absolute Gasteiger partial charge is 0.0481 e. The molecule has 2 heteroatoms. The minimum absolute atomic E-state index is 0.357. The van der Waals surface area contributed by atoms with E-state index in [9.17, 15) is 0 Å². The van der Waals surface area contributed by atoms with E-state index in [1.165, 1.54) is 22.0 Å². The van der Waals surface area contributed by atoms with Gasteiger partial charge < -0.3 is 9.88 Å². The van der Waals surface area contributed by atoms with Crippen LogP contribution in [0.5, 0.6) is 0 Å². The van der Waals surface area contributed by atoms with Crippen LogP contribution in [0.1, 0.15) is 24.1 Å². The molecule has 1 aromatic heterocycles. The van der Waals surface area contributed by atoms with Crippen LogP contribution in [-0.2, 0) is 13.6 Å². The molecule has 1 N–H and O–H groups in total. The molecule has 0 saturated heterocycles. The molecule has 0 aliphatic carbocycles. The lowest BCUT2D eigenvalue weighted by Gasteiger charge is -2.13. The largest absolute Gasteiger partial charge is 0.350 e. The van der Waals surface area contributed by atoms with Gasteiger partial charge in [-0.3, -0.25) is 0 Å². The van der Waals surface area contributed by atoms with Crippen LogP contribution in [0, 0.1) is 0 Å². The molecule has 0 saturated carbocycles. The maximum Gasteiger partial charge on any atom is 0.0481 e. The molecule has 2 aromatic carbocycles. The highest BCUT2D eigenvalue weighted by Crippen LogP contribution is 2.21. The molecule has 2 nitrogen and oxygen atoms in total. The summed E-state index contributed by atoms with van der Waals surface area (Å²) in [5, 5.41) is 4.94. The van der Waals surface area contributed by atoms with Gasteiger partial charge in [-0.05, 0) is 24.1 Å². The molecule has 0 bridgehead atoms. The van der Waals surface area contributed by atoms with Crippen LogP contribution < -0.4 is 5.32 Å². The van der Waals surface area contributed by atoms with Crippen LogP contribution in [0.15, 0.2) is 60.8 Å². The number of para-hydroxylation sites is 1. The number of aryl methyl sites for hydroxylation is 1. The molecule has 0 fully saturated rings. The van der Waals surface area contributed by atoms with E-state index in [1.54, 1.807) is 0 Å². The van der Waals surface area contributed by atoms with Crippen LogP contribution in [0.25, 0.3) is 10.9 Å². The van der Waals surface area contributed by atoms with Gasteiger partial charge in [-0.15, -0.1) is 0 Å². The van der Waals surface area contributed by atoms with Gasteiger partial charge in [-0.25, -0.2) is 0 Å². The highest BCUT2D eigenvalue weighted by molar-refractivity contribution is 5.83. The quantitative estimate of drug-likeness (QED) is 0.753. The summed E-state index contributed by atoms with van der Waals surface area (Å²) in [7, 11) is 2.10. The Morgan fingerprint density at radius 2 is 1.70 bits per heavy atom. The molecule has 20 heavy (non-hydrogen) atoms. The van der Waals surface area contributed by atoms with Crippen molar-refractivity contribution in [3.05, 3.63) is 71.9 Å². The van der Waals surface area contributed by atoms with Crippen molar-refractivity contribution in [2.24, 2.45) is 7.05 Å². The summed E-state index contributed by atoms with van der Waals surface area (Å²) >= 11 is 0. The van der Waals surface area contributed by atoms with Crippen molar-refractivity contribution in [1.29, 1.82) is 0 Å². The van der Waals surface area contributed by atoms with Crippen LogP contribution in [0.3, 0.4) is 0 Å². The van der Waals surface area contributed by atoms with Gasteiger partial charge >= 0.3 is 0 Å². The second-order valence-electron chi connectivity index (χ2n) is 5.30. The second-order valence-corrected chi connectivity index (χ2v) is 5.30. The average molecular weight is 264 g/mol. The summed E-state index contributed by atoms with van der Waals surface area (Å²) in [6.07, 6.45) is 2.22. The van der Waals surface area contributed by atoms with Crippen molar-refractivity contribution in [3.8, 4) is 0 Å². The summed E-state index contributed by atoms with van der Waals surface area (Å²) in [6.45, 7) is 3.10. The van der Waals surface area contributed by atoms with Crippen molar-refractivity contribution >= 4 is 10.9 Å². The third-order valence-electron chi connectivity index (χ3n) is 3.88. The zero-order chi connectivity index (χ0) is 13.9. The fourth-order valence-electron chi connectivity index (χ4n) is 2.69. The molecule has 3 aromatic rings. The summed E-state index contributed by atoms with van der Waals surface area (Å²) in [5.41, 5.74) is 3.97. The van der Waals surface area contributed by atoms with Crippen LogP contribution in [-0.4, -0.2) is 4.57 Å². The Morgan fingerprint density at radius 3 is 2.50 bits per heavy atom. The Hall–Kier alpha value is -2.06. The van der Waals surface area contributed by atoms with Crippen molar-refractivity contribution in [1.82, 2.24) is 9.88 Å². The minimum atomic E-state index is 0.357. The fourth-order valence-corrected chi connectivity index (χ4v) is 2.69. The third-order valence-corrected chi connectivity index (χ3v) is 3.88. The number of aromatic nitrogens is 1. The SMILES string of the molecule is C[C@H](NCc1cn(C)c2ccccc12)c1ccccc1. The van der Waals surface area contributed by atoms with Gasteiger partial charge in [0.05, 0.1) is 0 Å². The molecule has 0 amide bonds. The Morgan fingerprint density at radius 1 is 1.00 bits per heavy atom. The van der Waals surface area contributed by atoms with Crippen molar-refractivity contribution in [3.63, 3.8) is 0 Å². The summed E-state index contributed by atoms with van der Waals surface area (Å²) < 4.78 is 2.19. The van der Waals surface area contributed by atoms with Crippen molar-refractivity contribution < 1.29 is 0 Å². The number of nitrogens with zero attached hydrogens (tertiary/aromatic N) is 1. The molecule has 102 valence electrons. The molecule has 1 atom stereocenters. The van der Waals surface area contributed by atoms with E-state index < -0.39 is 0 Å². The monoisotopic (exact) mass is 264 g/mol. The Labute approximate surface area is 120 Å². The van der Waals surface area contributed by atoms with E-state index in [-0.39, 0.29) is 0 Å². The first-order valence-electron chi connectivity index (χ1n) is 7.07. The van der Waals surface area contributed by atoms with E-state index in [4.69, 9.17) is 0 Å². The van der Waals surface area contributed by atoms with Gasteiger partial charge in [-0.2, -0.15) is 0 Å². The van der Waals surface area contributed by atoms with E-state index in [0.717, 1.165) is 6.54 Å². The first kappa shape index (κ1) is 12.9. The topological polar surface area (TPSA) is 17.0 Å².